The predicted octanol–water partition coefficient (Wildman–Crippen LogP) is 5.04. The SMILES string of the molecule is CCN1CCN(C(=O)c2ccc(NC(=O)c3cccc(C)c3C)cc2)c2ccccc2C1. The first-order valence-electron chi connectivity index (χ1n) is 11.1. The Hall–Kier alpha value is -3.44. The topological polar surface area (TPSA) is 52.6 Å². The lowest BCUT2D eigenvalue weighted by Gasteiger charge is -2.23. The number of carbonyl (C=O) groups is 2. The summed E-state index contributed by atoms with van der Waals surface area (Å²) in [5.74, 6) is -0.172. The van der Waals surface area contributed by atoms with E-state index >= 15 is 0 Å². The van der Waals surface area contributed by atoms with Crippen LogP contribution in [0.5, 0.6) is 0 Å². The second kappa shape index (κ2) is 9.37. The highest BCUT2D eigenvalue weighted by Gasteiger charge is 2.24. The van der Waals surface area contributed by atoms with Crippen molar-refractivity contribution in [1.29, 1.82) is 0 Å². The molecule has 0 atom stereocenters. The summed E-state index contributed by atoms with van der Waals surface area (Å²) in [6.45, 7) is 9.37. The number of hydrogen-bond acceptors (Lipinski definition) is 3. The van der Waals surface area contributed by atoms with Crippen molar-refractivity contribution in [1.82, 2.24) is 4.90 Å². The highest BCUT2D eigenvalue weighted by molar-refractivity contribution is 6.08. The largest absolute Gasteiger partial charge is 0.322 e. The van der Waals surface area contributed by atoms with Gasteiger partial charge in [-0.3, -0.25) is 14.5 Å². The second-order valence-electron chi connectivity index (χ2n) is 8.23. The molecule has 0 aromatic heterocycles. The van der Waals surface area contributed by atoms with Gasteiger partial charge in [0.05, 0.1) is 0 Å². The van der Waals surface area contributed by atoms with Gasteiger partial charge in [0.25, 0.3) is 11.8 Å². The summed E-state index contributed by atoms with van der Waals surface area (Å²) in [5, 5.41) is 2.94. The van der Waals surface area contributed by atoms with E-state index in [0.29, 0.717) is 23.4 Å². The number of nitrogens with zero attached hydrogens (tertiary/aromatic N) is 2. The summed E-state index contributed by atoms with van der Waals surface area (Å²) in [4.78, 5) is 30.3. The number of rotatable bonds is 4. The average molecular weight is 428 g/mol. The van der Waals surface area contributed by atoms with E-state index in [9.17, 15) is 9.59 Å². The van der Waals surface area contributed by atoms with Crippen LogP contribution in [-0.4, -0.2) is 36.3 Å². The van der Waals surface area contributed by atoms with Gasteiger partial charge in [-0.2, -0.15) is 0 Å². The Balaban J connectivity index is 1.52. The third-order valence-corrected chi connectivity index (χ3v) is 6.25. The summed E-state index contributed by atoms with van der Waals surface area (Å²) in [5.41, 5.74) is 6.12. The highest BCUT2D eigenvalue weighted by atomic mass is 16.2. The molecule has 1 aliphatic heterocycles. The smallest absolute Gasteiger partial charge is 0.258 e. The molecule has 0 unspecified atom stereocenters. The monoisotopic (exact) mass is 427 g/mol. The van der Waals surface area contributed by atoms with Gasteiger partial charge in [0.15, 0.2) is 0 Å². The maximum Gasteiger partial charge on any atom is 0.258 e. The Morgan fingerprint density at radius 3 is 2.41 bits per heavy atom. The van der Waals surface area contributed by atoms with Crippen LogP contribution in [0.4, 0.5) is 11.4 Å². The van der Waals surface area contributed by atoms with Crippen molar-refractivity contribution in [3.63, 3.8) is 0 Å². The van der Waals surface area contributed by atoms with Gasteiger partial charge >= 0.3 is 0 Å². The molecule has 32 heavy (non-hydrogen) atoms. The number of likely N-dealkylation sites (N-methyl/N-ethyl adjacent to an activating group) is 1. The molecular formula is C27H29N3O2. The van der Waals surface area contributed by atoms with Crippen molar-refractivity contribution in [2.75, 3.05) is 29.9 Å². The summed E-state index contributed by atoms with van der Waals surface area (Å²) in [7, 11) is 0. The number of amides is 2. The van der Waals surface area contributed by atoms with E-state index in [1.54, 1.807) is 24.3 Å². The van der Waals surface area contributed by atoms with Crippen molar-refractivity contribution in [2.24, 2.45) is 0 Å². The number of para-hydroxylation sites is 1. The van der Waals surface area contributed by atoms with Gasteiger partial charge in [-0.25, -0.2) is 0 Å². The van der Waals surface area contributed by atoms with Crippen molar-refractivity contribution in [2.45, 2.75) is 27.3 Å². The molecule has 1 aliphatic rings. The summed E-state index contributed by atoms with van der Waals surface area (Å²) >= 11 is 0. The minimum atomic E-state index is -0.147. The Morgan fingerprint density at radius 2 is 1.66 bits per heavy atom. The molecule has 0 fully saturated rings. The van der Waals surface area contributed by atoms with Crippen LogP contribution in [0.2, 0.25) is 0 Å². The van der Waals surface area contributed by atoms with Crippen LogP contribution in [0, 0.1) is 13.8 Å². The molecular weight excluding hydrogens is 398 g/mol. The number of carbonyl (C=O) groups excluding carboxylic acids is 2. The molecule has 164 valence electrons. The fourth-order valence-corrected chi connectivity index (χ4v) is 4.12. The number of nitrogens with one attached hydrogen (secondary N) is 1. The zero-order chi connectivity index (χ0) is 22.7. The third-order valence-electron chi connectivity index (χ3n) is 6.25. The maximum absolute atomic E-state index is 13.4. The number of benzene rings is 3. The van der Waals surface area contributed by atoms with Crippen molar-refractivity contribution < 1.29 is 9.59 Å². The molecule has 0 spiro atoms. The molecule has 5 nitrogen and oxygen atoms in total. The molecule has 2 amide bonds. The van der Waals surface area contributed by atoms with Gasteiger partial charge in [0.2, 0.25) is 0 Å². The first-order chi connectivity index (χ1) is 15.5. The molecule has 1 heterocycles. The molecule has 0 saturated carbocycles. The van der Waals surface area contributed by atoms with Crippen molar-refractivity contribution >= 4 is 23.2 Å². The lowest BCUT2D eigenvalue weighted by molar-refractivity contribution is 0.0984. The van der Waals surface area contributed by atoms with E-state index in [1.807, 2.05) is 55.1 Å². The fourth-order valence-electron chi connectivity index (χ4n) is 4.12. The van der Waals surface area contributed by atoms with Gasteiger partial charge in [-0.05, 0) is 73.5 Å². The van der Waals surface area contributed by atoms with Crippen LogP contribution in [0.1, 0.15) is 44.3 Å². The van der Waals surface area contributed by atoms with Gasteiger partial charge < -0.3 is 10.2 Å². The normalized spacial score (nSPS) is 13.9. The minimum absolute atomic E-state index is 0.0252. The van der Waals surface area contributed by atoms with E-state index in [1.165, 1.54) is 0 Å². The highest BCUT2D eigenvalue weighted by Crippen LogP contribution is 2.27. The summed E-state index contributed by atoms with van der Waals surface area (Å²) in [6, 6.07) is 21.0. The molecule has 5 heteroatoms. The van der Waals surface area contributed by atoms with Crippen LogP contribution in [-0.2, 0) is 6.54 Å². The molecule has 0 bridgehead atoms. The van der Waals surface area contributed by atoms with Crippen LogP contribution < -0.4 is 10.2 Å². The Labute approximate surface area is 189 Å². The van der Waals surface area contributed by atoms with Crippen molar-refractivity contribution in [3.8, 4) is 0 Å². The van der Waals surface area contributed by atoms with Crippen LogP contribution in [0.25, 0.3) is 0 Å². The van der Waals surface area contributed by atoms with Gasteiger partial charge in [0.1, 0.15) is 0 Å². The molecule has 3 aromatic carbocycles. The summed E-state index contributed by atoms with van der Waals surface area (Å²) < 4.78 is 0. The number of fused-ring (bicyclic) bond motifs is 1. The summed E-state index contributed by atoms with van der Waals surface area (Å²) in [6.07, 6.45) is 0. The quantitative estimate of drug-likeness (QED) is 0.635. The lowest BCUT2D eigenvalue weighted by Crippen LogP contribution is -2.36. The predicted molar refractivity (Wildman–Crippen MR) is 129 cm³/mol. The Morgan fingerprint density at radius 1 is 0.906 bits per heavy atom. The minimum Gasteiger partial charge on any atom is -0.322 e. The van der Waals surface area contributed by atoms with E-state index in [-0.39, 0.29) is 11.8 Å². The van der Waals surface area contributed by atoms with Crippen LogP contribution in [0.15, 0.2) is 66.7 Å². The first-order valence-corrected chi connectivity index (χ1v) is 11.1. The molecule has 4 rings (SSSR count). The fraction of sp³-hybridized carbons (Fsp3) is 0.259. The zero-order valence-electron chi connectivity index (χ0n) is 18.9. The average Bonchev–Trinajstić information content (AvgIpc) is 3.00. The van der Waals surface area contributed by atoms with Gasteiger partial charge in [-0.15, -0.1) is 0 Å². The molecule has 0 aliphatic carbocycles. The Bertz CT molecular complexity index is 1140. The van der Waals surface area contributed by atoms with Crippen LogP contribution >= 0.6 is 0 Å². The Kier molecular flexibility index (Phi) is 6.37. The number of aryl methyl sites for hydroxylation is 1. The zero-order valence-corrected chi connectivity index (χ0v) is 18.9. The number of hydrogen-bond donors (Lipinski definition) is 1. The first kappa shape index (κ1) is 21.8. The van der Waals surface area contributed by atoms with E-state index in [2.05, 4.69) is 23.2 Å². The van der Waals surface area contributed by atoms with E-state index in [0.717, 1.165) is 42.0 Å². The van der Waals surface area contributed by atoms with E-state index in [4.69, 9.17) is 0 Å². The van der Waals surface area contributed by atoms with Crippen molar-refractivity contribution in [3.05, 3.63) is 94.5 Å². The number of anilines is 2. The lowest BCUT2D eigenvalue weighted by atomic mass is 10.0. The maximum atomic E-state index is 13.4. The molecule has 1 N–H and O–H groups in total. The second-order valence-corrected chi connectivity index (χ2v) is 8.23. The van der Waals surface area contributed by atoms with Gasteiger partial charge in [-0.1, -0.05) is 37.3 Å². The van der Waals surface area contributed by atoms with Gasteiger partial charge in [0, 0.05) is 42.1 Å². The van der Waals surface area contributed by atoms with Crippen LogP contribution in [0.3, 0.4) is 0 Å². The third kappa shape index (κ3) is 4.43. The standard InChI is InChI=1S/C27H29N3O2/c1-4-29-16-17-30(25-11-6-5-9-22(25)18-29)27(32)21-12-14-23(15-13-21)28-26(31)24-10-7-8-19(2)20(24)3/h5-15H,4,16-18H2,1-3H3,(H,28,31). The molecule has 0 radical (unpaired) electrons. The van der Waals surface area contributed by atoms with E-state index < -0.39 is 0 Å². The molecule has 0 saturated heterocycles. The molecule has 3 aromatic rings.